The summed E-state index contributed by atoms with van der Waals surface area (Å²) in [4.78, 5) is 6.92. The van der Waals surface area contributed by atoms with Crippen LogP contribution in [0.25, 0.3) is 0 Å². The highest BCUT2D eigenvalue weighted by Crippen LogP contribution is 2.16. The number of thioether (sulfide) groups is 1. The Morgan fingerprint density at radius 1 is 1.08 bits per heavy atom. The molecule has 0 saturated carbocycles. The number of hydrogen-bond acceptors (Lipinski definition) is 3. The van der Waals surface area contributed by atoms with Gasteiger partial charge in [-0.05, 0) is 43.3 Å². The highest BCUT2D eigenvalue weighted by atomic mass is 127. The van der Waals surface area contributed by atoms with Gasteiger partial charge in [-0.2, -0.15) is 11.8 Å². The third-order valence-electron chi connectivity index (χ3n) is 4.48. The van der Waals surface area contributed by atoms with E-state index in [1.807, 2.05) is 18.8 Å². The largest absolute Gasteiger partial charge is 0.356 e. The van der Waals surface area contributed by atoms with Crippen molar-refractivity contribution in [2.45, 2.75) is 38.8 Å². The standard InChI is InChI=1S/C19H32N4S.HI/c1-20-19(21-11-14-24-2)22-15-17-9-5-6-10-18(17)16-23-12-7-3-4-8-13-23;/h5-6,9-10H,3-4,7-8,11-16H2,1-2H3,(H2,20,21,22);1H. The summed E-state index contributed by atoms with van der Waals surface area (Å²) >= 11 is 1.84. The Kier molecular flexibility index (Phi) is 12.4. The lowest BCUT2D eigenvalue weighted by atomic mass is 10.1. The molecule has 1 aromatic carbocycles. The molecule has 0 bridgehead atoms. The fourth-order valence-electron chi connectivity index (χ4n) is 3.09. The Hall–Kier alpha value is -0.470. The molecule has 2 rings (SSSR count). The van der Waals surface area contributed by atoms with Crippen molar-refractivity contribution in [1.29, 1.82) is 0 Å². The van der Waals surface area contributed by atoms with Crippen LogP contribution in [0, 0.1) is 0 Å². The summed E-state index contributed by atoms with van der Waals surface area (Å²) in [6.07, 6.45) is 7.57. The molecule has 0 atom stereocenters. The lowest BCUT2D eigenvalue weighted by molar-refractivity contribution is 0.276. The summed E-state index contributed by atoms with van der Waals surface area (Å²) in [6.45, 7) is 5.30. The van der Waals surface area contributed by atoms with Gasteiger partial charge in [0.2, 0.25) is 0 Å². The summed E-state index contributed by atoms with van der Waals surface area (Å²) in [5.41, 5.74) is 2.81. The molecular formula is C19H33IN4S. The van der Waals surface area contributed by atoms with Crippen LogP contribution < -0.4 is 10.6 Å². The second-order valence-corrected chi connectivity index (χ2v) is 7.29. The van der Waals surface area contributed by atoms with Crippen LogP contribution in [0.4, 0.5) is 0 Å². The highest BCUT2D eigenvalue weighted by molar-refractivity contribution is 14.0. The van der Waals surface area contributed by atoms with E-state index in [1.54, 1.807) is 0 Å². The van der Waals surface area contributed by atoms with Crippen molar-refractivity contribution in [3.8, 4) is 0 Å². The molecule has 0 unspecified atom stereocenters. The van der Waals surface area contributed by atoms with E-state index in [2.05, 4.69) is 51.0 Å². The minimum atomic E-state index is 0. The maximum atomic E-state index is 4.31. The van der Waals surface area contributed by atoms with Gasteiger partial charge in [0.25, 0.3) is 0 Å². The first-order chi connectivity index (χ1) is 11.8. The second-order valence-electron chi connectivity index (χ2n) is 6.30. The van der Waals surface area contributed by atoms with E-state index >= 15 is 0 Å². The Balaban J connectivity index is 0.00000312. The van der Waals surface area contributed by atoms with Gasteiger partial charge in [-0.3, -0.25) is 9.89 Å². The predicted molar refractivity (Wildman–Crippen MR) is 122 cm³/mol. The minimum Gasteiger partial charge on any atom is -0.356 e. The molecule has 1 heterocycles. The van der Waals surface area contributed by atoms with Crippen molar-refractivity contribution in [3.63, 3.8) is 0 Å². The van der Waals surface area contributed by atoms with Crippen LogP contribution in [0.3, 0.4) is 0 Å². The molecule has 2 N–H and O–H groups in total. The van der Waals surface area contributed by atoms with Crippen LogP contribution in [0.5, 0.6) is 0 Å². The second kappa shape index (κ2) is 13.7. The van der Waals surface area contributed by atoms with Crippen LogP contribution in [0.2, 0.25) is 0 Å². The summed E-state index contributed by atoms with van der Waals surface area (Å²) in [6, 6.07) is 8.79. The first-order valence-electron chi connectivity index (χ1n) is 9.06. The molecular weight excluding hydrogens is 443 g/mol. The number of rotatable bonds is 7. The van der Waals surface area contributed by atoms with E-state index in [0.717, 1.165) is 31.3 Å². The Bertz CT molecular complexity index is 502. The normalized spacial score (nSPS) is 16.0. The molecule has 1 aliphatic heterocycles. The Labute approximate surface area is 174 Å². The number of benzene rings is 1. The van der Waals surface area contributed by atoms with Crippen LogP contribution in [-0.2, 0) is 13.1 Å². The minimum absolute atomic E-state index is 0. The Morgan fingerprint density at radius 2 is 1.76 bits per heavy atom. The number of aliphatic imine (C=N–C) groups is 1. The van der Waals surface area contributed by atoms with Gasteiger partial charge in [-0.25, -0.2) is 0 Å². The average Bonchev–Trinajstić information content (AvgIpc) is 2.88. The van der Waals surface area contributed by atoms with Crippen LogP contribution >= 0.6 is 35.7 Å². The van der Waals surface area contributed by atoms with Crippen LogP contribution in [-0.4, -0.2) is 49.6 Å². The predicted octanol–water partition coefficient (Wildman–Crippen LogP) is 3.71. The van der Waals surface area contributed by atoms with Crippen molar-refractivity contribution in [1.82, 2.24) is 15.5 Å². The molecule has 0 aromatic heterocycles. The zero-order chi connectivity index (χ0) is 17.0. The van der Waals surface area contributed by atoms with Crippen LogP contribution in [0.1, 0.15) is 36.8 Å². The molecule has 1 fully saturated rings. The molecule has 0 amide bonds. The third kappa shape index (κ3) is 8.64. The first kappa shape index (κ1) is 22.6. The molecule has 1 saturated heterocycles. The SMILES string of the molecule is CN=C(NCCSC)NCc1ccccc1CN1CCCCCC1.I. The molecule has 1 aromatic rings. The van der Waals surface area contributed by atoms with Gasteiger partial charge in [0, 0.05) is 32.4 Å². The van der Waals surface area contributed by atoms with Gasteiger partial charge in [-0.1, -0.05) is 37.1 Å². The maximum absolute atomic E-state index is 4.31. The number of halogens is 1. The zero-order valence-electron chi connectivity index (χ0n) is 15.6. The van der Waals surface area contributed by atoms with Crippen molar-refractivity contribution in [2.75, 3.05) is 38.7 Å². The van der Waals surface area contributed by atoms with E-state index in [0.29, 0.717) is 0 Å². The van der Waals surface area contributed by atoms with Crippen molar-refractivity contribution < 1.29 is 0 Å². The molecule has 0 aliphatic carbocycles. The number of nitrogens with one attached hydrogen (secondary N) is 2. The summed E-state index contributed by atoms with van der Waals surface area (Å²) in [7, 11) is 1.83. The van der Waals surface area contributed by atoms with Gasteiger partial charge in [-0.15, -0.1) is 24.0 Å². The lowest BCUT2D eigenvalue weighted by Crippen LogP contribution is -2.38. The van der Waals surface area contributed by atoms with E-state index in [-0.39, 0.29) is 24.0 Å². The summed E-state index contributed by atoms with van der Waals surface area (Å²) < 4.78 is 0. The van der Waals surface area contributed by atoms with Crippen molar-refractivity contribution in [2.24, 2.45) is 4.99 Å². The van der Waals surface area contributed by atoms with E-state index in [1.165, 1.54) is 49.9 Å². The Morgan fingerprint density at radius 3 is 2.40 bits per heavy atom. The number of hydrogen-bond donors (Lipinski definition) is 2. The van der Waals surface area contributed by atoms with E-state index < -0.39 is 0 Å². The molecule has 142 valence electrons. The smallest absolute Gasteiger partial charge is 0.191 e. The molecule has 0 radical (unpaired) electrons. The fourth-order valence-corrected chi connectivity index (χ4v) is 3.40. The zero-order valence-corrected chi connectivity index (χ0v) is 18.7. The van der Waals surface area contributed by atoms with Crippen LogP contribution in [0.15, 0.2) is 29.3 Å². The quantitative estimate of drug-likeness (QED) is 0.273. The number of guanidine groups is 1. The monoisotopic (exact) mass is 476 g/mol. The molecule has 4 nitrogen and oxygen atoms in total. The number of nitrogens with zero attached hydrogens (tertiary/aromatic N) is 2. The summed E-state index contributed by atoms with van der Waals surface area (Å²) in [5.74, 6) is 1.97. The molecule has 0 spiro atoms. The fraction of sp³-hybridized carbons (Fsp3) is 0.632. The van der Waals surface area contributed by atoms with Crippen molar-refractivity contribution in [3.05, 3.63) is 35.4 Å². The number of likely N-dealkylation sites (tertiary alicyclic amines) is 1. The first-order valence-corrected chi connectivity index (χ1v) is 10.5. The summed E-state index contributed by atoms with van der Waals surface area (Å²) in [5, 5.41) is 6.80. The van der Waals surface area contributed by atoms with Gasteiger partial charge in [0.15, 0.2) is 5.96 Å². The molecule has 1 aliphatic rings. The van der Waals surface area contributed by atoms with Gasteiger partial charge < -0.3 is 10.6 Å². The van der Waals surface area contributed by atoms with Gasteiger partial charge >= 0.3 is 0 Å². The van der Waals surface area contributed by atoms with E-state index in [4.69, 9.17) is 0 Å². The molecule has 25 heavy (non-hydrogen) atoms. The van der Waals surface area contributed by atoms with Crippen molar-refractivity contribution >= 4 is 41.7 Å². The lowest BCUT2D eigenvalue weighted by Gasteiger charge is -2.22. The van der Waals surface area contributed by atoms with Gasteiger partial charge in [0.1, 0.15) is 0 Å². The third-order valence-corrected chi connectivity index (χ3v) is 5.09. The maximum Gasteiger partial charge on any atom is 0.191 e. The van der Waals surface area contributed by atoms with Gasteiger partial charge in [0.05, 0.1) is 0 Å². The average molecular weight is 476 g/mol. The topological polar surface area (TPSA) is 39.7 Å². The van der Waals surface area contributed by atoms with E-state index in [9.17, 15) is 0 Å². The molecule has 6 heteroatoms. The highest BCUT2D eigenvalue weighted by Gasteiger charge is 2.11.